The van der Waals surface area contributed by atoms with Crippen LogP contribution in [-0.4, -0.2) is 66.5 Å². The third kappa shape index (κ3) is 5.53. The van der Waals surface area contributed by atoms with Crippen LogP contribution in [0.25, 0.3) is 11.0 Å². The van der Waals surface area contributed by atoms with E-state index in [1.807, 2.05) is 17.2 Å². The van der Waals surface area contributed by atoms with Crippen molar-refractivity contribution in [2.75, 3.05) is 11.9 Å². The highest BCUT2D eigenvalue weighted by molar-refractivity contribution is 5.89. The summed E-state index contributed by atoms with van der Waals surface area (Å²) < 4.78 is 0. The number of aromatic amines is 1. The molecule has 2 atom stereocenters. The maximum Gasteiger partial charge on any atom is 0.314 e. The van der Waals surface area contributed by atoms with Crippen LogP contribution in [0.15, 0.2) is 31.2 Å². The summed E-state index contributed by atoms with van der Waals surface area (Å²) in [6.45, 7) is 6.32. The topological polar surface area (TPSA) is 149 Å². The fourth-order valence-corrected chi connectivity index (χ4v) is 2.96. The van der Waals surface area contributed by atoms with Gasteiger partial charge in [-0.25, -0.2) is 9.97 Å². The van der Waals surface area contributed by atoms with Crippen molar-refractivity contribution in [1.82, 2.24) is 19.9 Å². The number of nitrogens with zero attached hydrogens (tertiary/aromatic N) is 3. The Hall–Kier alpha value is -3.43. The number of carbonyl (C=O) groups excluding carboxylic acids is 1. The Morgan fingerprint density at radius 3 is 2.64 bits per heavy atom. The van der Waals surface area contributed by atoms with Gasteiger partial charge in [-0.05, 0) is 31.9 Å². The zero-order valence-electron chi connectivity index (χ0n) is 15.5. The molecule has 3 rings (SSSR count). The third-order valence-corrected chi connectivity index (χ3v) is 4.34. The standard InChI is InChI=1S/C15H19N5O.C3H4O4/c1-3-13(21)20-8-11(5-4-10(20)2)19-15-12-6-7-16-14(12)17-9-18-15;4-2(5)1-3(6)7/h3,6-7,9-11H,1,4-5,8H2,2H3,(H2,16,17,18,19);1H2,(H,4,5)(H,6,7)/t10-,11+;/m0./s1. The number of H-pyrrole nitrogens is 1. The average molecular weight is 389 g/mol. The molecule has 0 unspecified atom stereocenters. The van der Waals surface area contributed by atoms with E-state index >= 15 is 0 Å². The molecule has 150 valence electrons. The summed E-state index contributed by atoms with van der Waals surface area (Å²) in [4.78, 5) is 44.2. The first-order chi connectivity index (χ1) is 13.3. The highest BCUT2D eigenvalue weighted by Gasteiger charge is 2.28. The second kappa shape index (κ2) is 9.49. The van der Waals surface area contributed by atoms with Crippen molar-refractivity contribution in [3.63, 3.8) is 0 Å². The Kier molecular flexibility index (Phi) is 7.08. The first-order valence-corrected chi connectivity index (χ1v) is 8.73. The van der Waals surface area contributed by atoms with Gasteiger partial charge in [0.2, 0.25) is 5.91 Å². The summed E-state index contributed by atoms with van der Waals surface area (Å²) in [5.74, 6) is -1.82. The van der Waals surface area contributed by atoms with Crippen LogP contribution in [-0.2, 0) is 14.4 Å². The fraction of sp³-hybridized carbons (Fsp3) is 0.389. The van der Waals surface area contributed by atoms with Crippen LogP contribution in [0.3, 0.4) is 0 Å². The molecule has 0 saturated carbocycles. The van der Waals surface area contributed by atoms with E-state index in [0.717, 1.165) is 29.7 Å². The summed E-state index contributed by atoms with van der Waals surface area (Å²) in [7, 11) is 0. The Labute approximate surface area is 161 Å². The minimum absolute atomic E-state index is 0.0107. The lowest BCUT2D eigenvalue weighted by atomic mass is 9.99. The number of rotatable bonds is 5. The number of fused-ring (bicyclic) bond motifs is 1. The maximum atomic E-state index is 11.9. The SMILES string of the molecule is C=CC(=O)N1C[C@H](Nc2ncnc3[nH]ccc23)CC[C@@H]1C.O=C(O)CC(=O)O. The van der Waals surface area contributed by atoms with E-state index < -0.39 is 18.4 Å². The van der Waals surface area contributed by atoms with Crippen molar-refractivity contribution < 1.29 is 24.6 Å². The largest absolute Gasteiger partial charge is 0.481 e. The summed E-state index contributed by atoms with van der Waals surface area (Å²) in [5.41, 5.74) is 0.815. The minimum Gasteiger partial charge on any atom is -0.481 e. The third-order valence-electron chi connectivity index (χ3n) is 4.34. The molecule has 1 saturated heterocycles. The number of hydrogen-bond donors (Lipinski definition) is 4. The minimum atomic E-state index is -1.31. The van der Waals surface area contributed by atoms with Crippen molar-refractivity contribution in [2.24, 2.45) is 0 Å². The number of likely N-dealkylation sites (tertiary alicyclic amines) is 1. The van der Waals surface area contributed by atoms with Gasteiger partial charge in [-0.1, -0.05) is 6.58 Å². The van der Waals surface area contributed by atoms with Gasteiger partial charge in [0.25, 0.3) is 0 Å². The molecule has 1 aliphatic heterocycles. The molecule has 0 spiro atoms. The highest BCUT2D eigenvalue weighted by atomic mass is 16.4. The number of amides is 1. The molecule has 0 aromatic carbocycles. The molecule has 0 bridgehead atoms. The number of nitrogens with one attached hydrogen (secondary N) is 2. The lowest BCUT2D eigenvalue weighted by Gasteiger charge is -2.38. The van der Waals surface area contributed by atoms with Gasteiger partial charge in [0.1, 0.15) is 24.2 Å². The van der Waals surface area contributed by atoms with Gasteiger partial charge in [0.05, 0.1) is 5.39 Å². The number of carbonyl (C=O) groups is 3. The van der Waals surface area contributed by atoms with Crippen LogP contribution >= 0.6 is 0 Å². The van der Waals surface area contributed by atoms with Crippen molar-refractivity contribution in [3.05, 3.63) is 31.2 Å². The van der Waals surface area contributed by atoms with Gasteiger partial charge < -0.3 is 25.4 Å². The van der Waals surface area contributed by atoms with Gasteiger partial charge in [0, 0.05) is 24.8 Å². The van der Waals surface area contributed by atoms with E-state index in [2.05, 4.69) is 33.8 Å². The number of piperidine rings is 1. The summed E-state index contributed by atoms with van der Waals surface area (Å²) in [5, 5.41) is 19.8. The molecule has 10 heteroatoms. The zero-order valence-corrected chi connectivity index (χ0v) is 15.5. The van der Waals surface area contributed by atoms with Gasteiger partial charge in [0.15, 0.2) is 0 Å². The van der Waals surface area contributed by atoms with Crippen molar-refractivity contribution in [3.8, 4) is 0 Å². The molecular weight excluding hydrogens is 366 g/mol. The van der Waals surface area contributed by atoms with E-state index in [-0.39, 0.29) is 18.0 Å². The fourth-order valence-electron chi connectivity index (χ4n) is 2.96. The van der Waals surface area contributed by atoms with Crippen LogP contribution in [0.2, 0.25) is 0 Å². The van der Waals surface area contributed by atoms with E-state index in [1.165, 1.54) is 6.08 Å². The number of carboxylic acids is 2. The predicted molar refractivity (Wildman–Crippen MR) is 102 cm³/mol. The number of aliphatic carboxylic acids is 2. The van der Waals surface area contributed by atoms with Gasteiger partial charge in [-0.2, -0.15) is 0 Å². The van der Waals surface area contributed by atoms with Crippen LogP contribution in [0.1, 0.15) is 26.2 Å². The van der Waals surface area contributed by atoms with Crippen molar-refractivity contribution in [2.45, 2.75) is 38.3 Å². The smallest absolute Gasteiger partial charge is 0.314 e. The molecule has 1 fully saturated rings. The summed E-state index contributed by atoms with van der Waals surface area (Å²) in [6.07, 6.45) is 5.95. The highest BCUT2D eigenvalue weighted by Crippen LogP contribution is 2.23. The van der Waals surface area contributed by atoms with Gasteiger partial charge in [-0.3, -0.25) is 14.4 Å². The molecule has 1 amide bonds. The lowest BCUT2D eigenvalue weighted by molar-refractivity contribution is -0.147. The first kappa shape index (κ1) is 20.9. The Bertz CT molecular complexity index is 853. The molecular formula is C18H23N5O5. The average Bonchev–Trinajstić information content (AvgIpc) is 3.12. The summed E-state index contributed by atoms with van der Waals surface area (Å²) in [6, 6.07) is 2.40. The molecule has 1 aliphatic rings. The molecule has 2 aromatic rings. The van der Waals surface area contributed by atoms with E-state index in [1.54, 1.807) is 6.33 Å². The second-order valence-electron chi connectivity index (χ2n) is 6.39. The van der Waals surface area contributed by atoms with Gasteiger partial charge in [-0.15, -0.1) is 0 Å². The van der Waals surface area contributed by atoms with E-state index in [0.29, 0.717) is 6.54 Å². The van der Waals surface area contributed by atoms with Crippen molar-refractivity contribution >= 4 is 34.7 Å². The number of anilines is 1. The van der Waals surface area contributed by atoms with Gasteiger partial charge >= 0.3 is 11.9 Å². The zero-order chi connectivity index (χ0) is 20.7. The number of hydrogen-bond acceptors (Lipinski definition) is 6. The van der Waals surface area contributed by atoms with Crippen LogP contribution < -0.4 is 5.32 Å². The molecule has 28 heavy (non-hydrogen) atoms. The molecule has 0 radical (unpaired) electrons. The van der Waals surface area contributed by atoms with Crippen LogP contribution in [0.4, 0.5) is 5.82 Å². The van der Waals surface area contributed by atoms with Crippen molar-refractivity contribution in [1.29, 1.82) is 0 Å². The monoisotopic (exact) mass is 389 g/mol. The number of carboxylic acid groups (broad SMARTS) is 2. The molecule has 2 aromatic heterocycles. The van der Waals surface area contributed by atoms with Crippen LogP contribution in [0.5, 0.6) is 0 Å². The normalized spacial score (nSPS) is 18.7. The Morgan fingerprint density at radius 2 is 2.04 bits per heavy atom. The lowest BCUT2D eigenvalue weighted by Crippen LogP contribution is -2.49. The Balaban J connectivity index is 0.000000345. The number of aromatic nitrogens is 3. The first-order valence-electron chi connectivity index (χ1n) is 8.73. The molecule has 10 nitrogen and oxygen atoms in total. The quantitative estimate of drug-likeness (QED) is 0.444. The molecule has 3 heterocycles. The van der Waals surface area contributed by atoms with E-state index in [4.69, 9.17) is 10.2 Å². The van der Waals surface area contributed by atoms with Crippen LogP contribution in [0, 0.1) is 0 Å². The second-order valence-corrected chi connectivity index (χ2v) is 6.39. The molecule has 4 N–H and O–H groups in total. The molecule has 0 aliphatic carbocycles. The van der Waals surface area contributed by atoms with E-state index in [9.17, 15) is 14.4 Å². The predicted octanol–water partition coefficient (Wildman–Crippen LogP) is 1.48. The Morgan fingerprint density at radius 1 is 1.32 bits per heavy atom. The maximum absolute atomic E-state index is 11.9. The summed E-state index contributed by atoms with van der Waals surface area (Å²) >= 11 is 0.